The molecule has 0 aliphatic carbocycles. The van der Waals surface area contributed by atoms with E-state index < -0.39 is 12.2 Å². The van der Waals surface area contributed by atoms with E-state index in [9.17, 15) is 17.6 Å². The molecule has 0 bridgehead atoms. The van der Waals surface area contributed by atoms with Crippen molar-refractivity contribution in [1.29, 1.82) is 0 Å². The smallest absolute Gasteiger partial charge is 0.405 e. The maximum Gasteiger partial charge on any atom is 0.573 e. The van der Waals surface area contributed by atoms with Gasteiger partial charge in [0.05, 0.1) is 3.57 Å². The third-order valence-corrected chi connectivity index (χ3v) is 3.45. The molecule has 0 radical (unpaired) electrons. The largest absolute Gasteiger partial charge is 0.573 e. The molecule has 6 heteroatoms. The number of hydrogen-bond acceptors (Lipinski definition) is 1. The molecule has 0 saturated carbocycles. The summed E-state index contributed by atoms with van der Waals surface area (Å²) in [5, 5.41) is 0. The predicted molar refractivity (Wildman–Crippen MR) is 71.2 cm³/mol. The summed E-state index contributed by atoms with van der Waals surface area (Å²) >= 11 is 1.75. The van der Waals surface area contributed by atoms with Gasteiger partial charge in [-0.1, -0.05) is 30.3 Å². The molecule has 0 unspecified atom stereocenters. The van der Waals surface area contributed by atoms with Crippen molar-refractivity contribution in [2.75, 3.05) is 0 Å². The van der Waals surface area contributed by atoms with Gasteiger partial charge in [0.15, 0.2) is 0 Å². The fraction of sp³-hybridized carbons (Fsp3) is 0.0769. The lowest BCUT2D eigenvalue weighted by atomic mass is 10.0. The standard InChI is InChI=1S/C13H7F4IO/c14-10-6-3-5-9(12(10)18)8-4-1-2-7-11(8)19-13(15,16)17/h1-7H. The molecule has 100 valence electrons. The van der Waals surface area contributed by atoms with Crippen molar-refractivity contribution in [3.8, 4) is 16.9 Å². The van der Waals surface area contributed by atoms with Crippen LogP contribution < -0.4 is 4.74 Å². The second kappa shape index (κ2) is 5.36. The summed E-state index contributed by atoms with van der Waals surface area (Å²) in [4.78, 5) is 0. The van der Waals surface area contributed by atoms with Crippen LogP contribution in [0.1, 0.15) is 0 Å². The SMILES string of the molecule is Fc1cccc(-c2ccccc2OC(F)(F)F)c1I. The minimum absolute atomic E-state index is 0.198. The molecule has 19 heavy (non-hydrogen) atoms. The molecule has 0 aromatic heterocycles. The van der Waals surface area contributed by atoms with Gasteiger partial charge in [0.2, 0.25) is 0 Å². The average molecular weight is 382 g/mol. The summed E-state index contributed by atoms with van der Waals surface area (Å²) in [5.41, 5.74) is 0.559. The average Bonchev–Trinajstić information content (AvgIpc) is 2.32. The first-order valence-corrected chi connectivity index (χ1v) is 6.25. The van der Waals surface area contributed by atoms with E-state index in [1.165, 1.54) is 30.3 Å². The number of benzene rings is 2. The van der Waals surface area contributed by atoms with Gasteiger partial charge in [-0.15, -0.1) is 13.2 Å². The van der Waals surface area contributed by atoms with Crippen LogP contribution in [0.3, 0.4) is 0 Å². The fourth-order valence-electron chi connectivity index (χ4n) is 1.61. The van der Waals surface area contributed by atoms with E-state index in [0.29, 0.717) is 5.56 Å². The van der Waals surface area contributed by atoms with Crippen molar-refractivity contribution in [3.05, 3.63) is 51.9 Å². The molecule has 0 spiro atoms. The van der Waals surface area contributed by atoms with Crippen molar-refractivity contribution in [2.24, 2.45) is 0 Å². The Hall–Kier alpha value is -1.31. The quantitative estimate of drug-likeness (QED) is 0.525. The number of ether oxygens (including phenoxy) is 1. The molecular weight excluding hydrogens is 375 g/mol. The van der Waals surface area contributed by atoms with Gasteiger partial charge in [-0.25, -0.2) is 4.39 Å². The molecular formula is C13H7F4IO. The summed E-state index contributed by atoms with van der Waals surface area (Å²) < 4.78 is 54.6. The Morgan fingerprint density at radius 3 is 2.21 bits per heavy atom. The highest BCUT2D eigenvalue weighted by Crippen LogP contribution is 2.36. The Bertz CT molecular complexity index is 595. The van der Waals surface area contributed by atoms with Crippen molar-refractivity contribution in [3.63, 3.8) is 0 Å². The van der Waals surface area contributed by atoms with Gasteiger partial charge < -0.3 is 4.74 Å². The molecule has 0 heterocycles. The molecule has 0 atom stereocenters. The third kappa shape index (κ3) is 3.37. The van der Waals surface area contributed by atoms with E-state index in [-0.39, 0.29) is 14.9 Å². The first-order valence-electron chi connectivity index (χ1n) is 5.17. The van der Waals surface area contributed by atoms with E-state index in [1.807, 2.05) is 0 Å². The highest BCUT2D eigenvalue weighted by Gasteiger charge is 2.32. The van der Waals surface area contributed by atoms with Gasteiger partial charge in [-0.3, -0.25) is 0 Å². The fourth-order valence-corrected chi connectivity index (χ4v) is 2.26. The summed E-state index contributed by atoms with van der Waals surface area (Å²) in [6, 6.07) is 9.89. The first-order chi connectivity index (χ1) is 8.88. The van der Waals surface area contributed by atoms with Crippen LogP contribution in [0.2, 0.25) is 0 Å². The number of rotatable bonds is 2. The van der Waals surface area contributed by atoms with E-state index in [4.69, 9.17) is 0 Å². The Kier molecular flexibility index (Phi) is 3.98. The zero-order valence-electron chi connectivity index (χ0n) is 9.34. The van der Waals surface area contributed by atoms with Gasteiger partial charge in [-0.05, 0) is 34.7 Å². The molecule has 0 aliphatic rings. The molecule has 0 N–H and O–H groups in total. The number of alkyl halides is 3. The van der Waals surface area contributed by atoms with Crippen molar-refractivity contribution < 1.29 is 22.3 Å². The van der Waals surface area contributed by atoms with Gasteiger partial charge >= 0.3 is 6.36 Å². The van der Waals surface area contributed by atoms with Crippen LogP contribution in [0, 0.1) is 9.39 Å². The Balaban J connectivity index is 2.54. The van der Waals surface area contributed by atoms with Crippen LogP contribution >= 0.6 is 22.6 Å². The van der Waals surface area contributed by atoms with Crippen LogP contribution in [0.25, 0.3) is 11.1 Å². The second-order valence-corrected chi connectivity index (χ2v) is 4.72. The van der Waals surface area contributed by atoms with Gasteiger partial charge in [0.25, 0.3) is 0 Å². The second-order valence-electron chi connectivity index (χ2n) is 3.65. The molecule has 0 saturated heterocycles. The Labute approximate surface area is 120 Å². The predicted octanol–water partition coefficient (Wildman–Crippen LogP) is 5.00. The first kappa shape index (κ1) is 14.1. The van der Waals surface area contributed by atoms with Crippen molar-refractivity contribution in [1.82, 2.24) is 0 Å². The topological polar surface area (TPSA) is 9.23 Å². The van der Waals surface area contributed by atoms with Crippen LogP contribution in [-0.2, 0) is 0 Å². The zero-order valence-corrected chi connectivity index (χ0v) is 11.5. The van der Waals surface area contributed by atoms with Crippen LogP contribution in [-0.4, -0.2) is 6.36 Å². The number of halogens is 5. The van der Waals surface area contributed by atoms with Crippen LogP contribution in [0.5, 0.6) is 5.75 Å². The van der Waals surface area contributed by atoms with E-state index in [0.717, 1.165) is 0 Å². The highest BCUT2D eigenvalue weighted by atomic mass is 127. The normalized spacial score (nSPS) is 11.4. The Morgan fingerprint density at radius 2 is 1.53 bits per heavy atom. The lowest BCUT2D eigenvalue weighted by Crippen LogP contribution is -2.17. The van der Waals surface area contributed by atoms with Crippen molar-refractivity contribution in [2.45, 2.75) is 6.36 Å². The van der Waals surface area contributed by atoms with Gasteiger partial charge in [0, 0.05) is 11.1 Å². The zero-order chi connectivity index (χ0) is 14.0. The molecule has 0 fully saturated rings. The maximum absolute atomic E-state index is 13.5. The lowest BCUT2D eigenvalue weighted by molar-refractivity contribution is -0.274. The van der Waals surface area contributed by atoms with E-state index >= 15 is 0 Å². The minimum Gasteiger partial charge on any atom is -0.405 e. The summed E-state index contributed by atoms with van der Waals surface area (Å²) in [5.74, 6) is -0.835. The van der Waals surface area contributed by atoms with Crippen molar-refractivity contribution >= 4 is 22.6 Å². The van der Waals surface area contributed by atoms with E-state index in [2.05, 4.69) is 4.74 Å². The van der Waals surface area contributed by atoms with Crippen LogP contribution in [0.4, 0.5) is 17.6 Å². The summed E-state index contributed by atoms with van der Waals surface area (Å²) in [6.07, 6.45) is -4.78. The Morgan fingerprint density at radius 1 is 0.895 bits per heavy atom. The number of para-hydroxylation sites is 1. The third-order valence-electron chi connectivity index (χ3n) is 2.35. The monoisotopic (exact) mass is 382 g/mol. The lowest BCUT2D eigenvalue weighted by Gasteiger charge is -2.14. The number of hydrogen-bond donors (Lipinski definition) is 0. The summed E-state index contributed by atoms with van der Waals surface area (Å²) in [7, 11) is 0. The maximum atomic E-state index is 13.5. The molecule has 2 rings (SSSR count). The van der Waals surface area contributed by atoms with Gasteiger partial charge in [0.1, 0.15) is 11.6 Å². The molecule has 2 aromatic carbocycles. The molecule has 2 aromatic rings. The van der Waals surface area contributed by atoms with Gasteiger partial charge in [-0.2, -0.15) is 0 Å². The molecule has 0 aliphatic heterocycles. The molecule has 1 nitrogen and oxygen atoms in total. The highest BCUT2D eigenvalue weighted by molar-refractivity contribution is 14.1. The van der Waals surface area contributed by atoms with E-state index in [1.54, 1.807) is 34.7 Å². The van der Waals surface area contributed by atoms with Crippen LogP contribution in [0.15, 0.2) is 42.5 Å². The molecule has 0 amide bonds. The summed E-state index contributed by atoms with van der Waals surface area (Å²) in [6.45, 7) is 0. The minimum atomic E-state index is -4.78.